The van der Waals surface area contributed by atoms with Gasteiger partial charge in [0.05, 0.1) is 0 Å². The molecule has 0 aliphatic carbocycles. The minimum absolute atomic E-state index is 0.193. The van der Waals surface area contributed by atoms with Gasteiger partial charge in [-0.15, -0.1) is 0 Å². The van der Waals surface area contributed by atoms with Crippen LogP contribution in [0.2, 0.25) is 0 Å². The Balaban J connectivity index is 1.14. The summed E-state index contributed by atoms with van der Waals surface area (Å²) < 4.78 is 15.2. The number of hydrogen-bond acceptors (Lipinski definition) is 5. The van der Waals surface area contributed by atoms with Gasteiger partial charge in [0.1, 0.15) is 11.9 Å². The average molecular weight is 527 g/mol. The molecule has 0 bridgehead atoms. The Morgan fingerprint density at radius 2 is 1.51 bits per heavy atom. The van der Waals surface area contributed by atoms with E-state index in [2.05, 4.69) is 63.6 Å². The topological polar surface area (TPSA) is 73.0 Å². The Labute approximate surface area is 227 Å². The summed E-state index contributed by atoms with van der Waals surface area (Å²) >= 11 is 0. The van der Waals surface area contributed by atoms with E-state index in [1.165, 1.54) is 11.0 Å². The molecular weight excluding hydrogens is 495 g/mol. The van der Waals surface area contributed by atoms with E-state index in [0.717, 1.165) is 42.9 Å². The molecular formula is C31H31FN4O3. The summed E-state index contributed by atoms with van der Waals surface area (Å²) in [6.07, 6.45) is 2.37. The van der Waals surface area contributed by atoms with Gasteiger partial charge in [-0.2, -0.15) is 0 Å². The van der Waals surface area contributed by atoms with Crippen molar-refractivity contribution in [1.29, 1.82) is 0 Å². The number of hydrogen-bond donors (Lipinski definition) is 1. The van der Waals surface area contributed by atoms with Crippen LogP contribution in [0.15, 0.2) is 72.8 Å². The normalized spacial score (nSPS) is 20.2. The van der Waals surface area contributed by atoms with Crippen molar-refractivity contribution in [3.63, 3.8) is 0 Å². The van der Waals surface area contributed by atoms with E-state index in [1.807, 2.05) is 12.1 Å². The molecule has 3 aliphatic rings. The maximum atomic E-state index is 15.2. The highest BCUT2D eigenvalue weighted by Crippen LogP contribution is 2.33. The van der Waals surface area contributed by atoms with Crippen molar-refractivity contribution in [3.8, 4) is 0 Å². The number of nitrogens with zero attached hydrogens (tertiary/aromatic N) is 3. The molecule has 0 aromatic heterocycles. The molecule has 0 saturated carbocycles. The number of benzene rings is 3. The van der Waals surface area contributed by atoms with E-state index in [4.69, 9.17) is 0 Å². The number of imide groups is 1. The summed E-state index contributed by atoms with van der Waals surface area (Å²) in [5.41, 5.74) is 3.93. The van der Waals surface area contributed by atoms with Crippen molar-refractivity contribution in [2.45, 2.75) is 50.9 Å². The molecule has 0 radical (unpaired) electrons. The van der Waals surface area contributed by atoms with Crippen LogP contribution in [0.3, 0.4) is 0 Å². The molecule has 0 spiro atoms. The fraction of sp³-hybridized carbons (Fsp3) is 0.323. The SMILES string of the molecule is O=C1CCC(N2Cc3cc(CN4CCC(N(c5ccccc5)c5ccccc5)CC4)c(F)cc3C2=O)C(=O)N1. The molecule has 2 saturated heterocycles. The third-order valence-electron chi connectivity index (χ3n) is 8.08. The summed E-state index contributed by atoms with van der Waals surface area (Å²) in [4.78, 5) is 43.0. The van der Waals surface area contributed by atoms with Crippen LogP contribution in [0.4, 0.5) is 15.8 Å². The van der Waals surface area contributed by atoms with Crippen LogP contribution < -0.4 is 10.2 Å². The number of halogens is 1. The summed E-state index contributed by atoms with van der Waals surface area (Å²) in [7, 11) is 0. The molecule has 2 fully saturated rings. The van der Waals surface area contributed by atoms with Gasteiger partial charge in [-0.05, 0) is 61.2 Å². The van der Waals surface area contributed by atoms with Crippen molar-refractivity contribution in [2.75, 3.05) is 18.0 Å². The number of carbonyl (C=O) groups is 3. The number of para-hydroxylation sites is 2. The lowest BCUT2D eigenvalue weighted by Crippen LogP contribution is -2.52. The third-order valence-corrected chi connectivity index (χ3v) is 8.08. The van der Waals surface area contributed by atoms with Crippen LogP contribution in [0.25, 0.3) is 0 Å². The van der Waals surface area contributed by atoms with Crippen LogP contribution in [-0.4, -0.2) is 52.7 Å². The number of fused-ring (bicyclic) bond motifs is 1. The van der Waals surface area contributed by atoms with Crippen molar-refractivity contribution >= 4 is 29.1 Å². The summed E-state index contributed by atoms with van der Waals surface area (Å²) in [6, 6.07) is 23.6. The zero-order chi connectivity index (χ0) is 26.9. The van der Waals surface area contributed by atoms with Gasteiger partial charge in [0.2, 0.25) is 11.8 Å². The number of carbonyl (C=O) groups excluding carboxylic acids is 3. The van der Waals surface area contributed by atoms with E-state index in [0.29, 0.717) is 23.7 Å². The lowest BCUT2D eigenvalue weighted by atomic mass is 9.99. The molecule has 1 atom stereocenters. The maximum absolute atomic E-state index is 15.2. The standard InChI is InChI=1S/C31H31FN4O3/c32-27-18-26-21(20-35(31(26)39)28-11-12-29(37)33-30(28)38)17-22(27)19-34-15-13-25(14-16-34)36(23-7-3-1-4-8-23)24-9-5-2-6-10-24/h1-10,17-18,25,28H,11-16,19-20H2,(H,33,37,38). The lowest BCUT2D eigenvalue weighted by Gasteiger charge is -2.40. The average Bonchev–Trinajstić information content (AvgIpc) is 3.26. The van der Waals surface area contributed by atoms with E-state index >= 15 is 4.39 Å². The summed E-state index contributed by atoms with van der Waals surface area (Å²) in [5.74, 6) is -1.54. The second-order valence-electron chi connectivity index (χ2n) is 10.5. The van der Waals surface area contributed by atoms with Crippen molar-refractivity contribution in [1.82, 2.24) is 15.1 Å². The van der Waals surface area contributed by atoms with Gasteiger partial charge in [0, 0.05) is 61.1 Å². The number of rotatable bonds is 6. The minimum atomic E-state index is -0.703. The first-order valence-corrected chi connectivity index (χ1v) is 13.6. The van der Waals surface area contributed by atoms with Gasteiger partial charge < -0.3 is 9.80 Å². The molecule has 3 aromatic carbocycles. The molecule has 7 nitrogen and oxygen atoms in total. The Morgan fingerprint density at radius 3 is 2.13 bits per heavy atom. The van der Waals surface area contributed by atoms with Gasteiger partial charge in [-0.3, -0.25) is 24.6 Å². The zero-order valence-electron chi connectivity index (χ0n) is 21.7. The van der Waals surface area contributed by atoms with E-state index in [9.17, 15) is 14.4 Å². The second kappa shape index (κ2) is 10.6. The van der Waals surface area contributed by atoms with Gasteiger partial charge in [-0.1, -0.05) is 36.4 Å². The fourth-order valence-corrected chi connectivity index (χ4v) is 6.09. The van der Waals surface area contributed by atoms with Crippen LogP contribution in [0.5, 0.6) is 0 Å². The quantitative estimate of drug-likeness (QED) is 0.483. The van der Waals surface area contributed by atoms with E-state index in [1.54, 1.807) is 6.07 Å². The molecule has 1 N–H and O–H groups in total. The summed E-state index contributed by atoms with van der Waals surface area (Å²) in [5, 5.41) is 2.31. The first-order valence-electron chi connectivity index (χ1n) is 13.6. The Kier molecular flexibility index (Phi) is 6.87. The Bertz CT molecular complexity index is 1350. The van der Waals surface area contributed by atoms with Crippen molar-refractivity contribution in [3.05, 3.63) is 95.3 Å². The monoisotopic (exact) mass is 526 g/mol. The largest absolute Gasteiger partial charge is 0.338 e. The predicted molar refractivity (Wildman–Crippen MR) is 146 cm³/mol. The number of nitrogens with one attached hydrogen (secondary N) is 1. The van der Waals surface area contributed by atoms with Crippen LogP contribution in [0, 0.1) is 5.82 Å². The van der Waals surface area contributed by atoms with Gasteiger partial charge in [0.25, 0.3) is 5.91 Å². The lowest BCUT2D eigenvalue weighted by molar-refractivity contribution is -0.136. The molecule has 3 amide bonds. The highest BCUT2D eigenvalue weighted by molar-refractivity contribution is 6.05. The first kappa shape index (κ1) is 25.2. The molecule has 39 heavy (non-hydrogen) atoms. The Hall–Kier alpha value is -4.04. The first-order chi connectivity index (χ1) is 19.0. The predicted octanol–water partition coefficient (Wildman–Crippen LogP) is 4.39. The molecule has 200 valence electrons. The van der Waals surface area contributed by atoms with Crippen molar-refractivity contribution < 1.29 is 18.8 Å². The molecule has 1 unspecified atom stereocenters. The highest BCUT2D eigenvalue weighted by atomic mass is 19.1. The molecule has 3 aliphatic heterocycles. The van der Waals surface area contributed by atoms with Crippen LogP contribution in [-0.2, 0) is 22.7 Å². The Morgan fingerprint density at radius 1 is 0.872 bits per heavy atom. The van der Waals surface area contributed by atoms with Gasteiger partial charge in [-0.25, -0.2) is 4.39 Å². The van der Waals surface area contributed by atoms with E-state index < -0.39 is 17.8 Å². The number of piperidine rings is 2. The third kappa shape index (κ3) is 5.04. The smallest absolute Gasteiger partial charge is 0.255 e. The molecule has 6 rings (SSSR count). The number of anilines is 2. The maximum Gasteiger partial charge on any atom is 0.255 e. The van der Waals surface area contributed by atoms with Crippen LogP contribution >= 0.6 is 0 Å². The zero-order valence-corrected chi connectivity index (χ0v) is 21.7. The molecule has 3 heterocycles. The van der Waals surface area contributed by atoms with Gasteiger partial charge >= 0.3 is 0 Å². The number of amides is 3. The minimum Gasteiger partial charge on any atom is -0.338 e. The molecule has 8 heteroatoms. The molecule has 3 aromatic rings. The van der Waals surface area contributed by atoms with Crippen molar-refractivity contribution in [2.24, 2.45) is 0 Å². The fourth-order valence-electron chi connectivity index (χ4n) is 6.09. The van der Waals surface area contributed by atoms with Gasteiger partial charge in [0.15, 0.2) is 0 Å². The number of likely N-dealkylation sites (tertiary alicyclic amines) is 1. The second-order valence-corrected chi connectivity index (χ2v) is 10.5. The van der Waals surface area contributed by atoms with E-state index in [-0.39, 0.29) is 31.2 Å². The highest BCUT2D eigenvalue weighted by Gasteiger charge is 2.39. The van der Waals surface area contributed by atoms with Crippen LogP contribution in [0.1, 0.15) is 47.2 Å². The summed E-state index contributed by atoms with van der Waals surface area (Å²) in [6.45, 7) is 2.38.